The van der Waals surface area contributed by atoms with Crippen molar-refractivity contribution < 1.29 is 9.53 Å². The Morgan fingerprint density at radius 2 is 2.35 bits per heavy atom. The van der Waals surface area contributed by atoms with E-state index < -0.39 is 0 Å². The van der Waals surface area contributed by atoms with Crippen molar-refractivity contribution in [3.63, 3.8) is 0 Å². The van der Waals surface area contributed by atoms with E-state index in [9.17, 15) is 4.79 Å². The first-order valence-corrected chi connectivity index (χ1v) is 6.71. The van der Waals surface area contributed by atoms with Gasteiger partial charge in [0.05, 0.1) is 22.9 Å². The molecule has 96 valence electrons. The number of esters is 1. The fraction of sp³-hybridized carbons (Fsp3) is 0.636. The van der Waals surface area contributed by atoms with E-state index in [1.807, 2.05) is 20.0 Å². The Kier molecular flexibility index (Phi) is 5.90. The third-order valence-corrected chi connectivity index (χ3v) is 2.63. The van der Waals surface area contributed by atoms with Gasteiger partial charge in [0, 0.05) is 12.2 Å². The van der Waals surface area contributed by atoms with Gasteiger partial charge in [-0.25, -0.2) is 0 Å². The summed E-state index contributed by atoms with van der Waals surface area (Å²) in [5.74, 6) is -0.230. The highest BCUT2D eigenvalue weighted by Crippen LogP contribution is 2.03. The van der Waals surface area contributed by atoms with Crippen LogP contribution >= 0.6 is 22.6 Å². The fourth-order valence-corrected chi connectivity index (χ4v) is 1.91. The van der Waals surface area contributed by atoms with Crippen LogP contribution in [0.25, 0.3) is 0 Å². The Morgan fingerprint density at radius 1 is 1.65 bits per heavy atom. The number of ether oxygens (including phenoxy) is 1. The number of carbonyl (C=O) groups excluding carboxylic acids is 1. The van der Waals surface area contributed by atoms with Gasteiger partial charge in [-0.05, 0) is 29.5 Å². The van der Waals surface area contributed by atoms with Crippen LogP contribution in [0.4, 0.5) is 0 Å². The van der Waals surface area contributed by atoms with Gasteiger partial charge < -0.3 is 10.1 Å². The van der Waals surface area contributed by atoms with Crippen molar-refractivity contribution in [3.05, 3.63) is 16.0 Å². The molecule has 0 aromatic carbocycles. The lowest BCUT2D eigenvalue weighted by atomic mass is 10.2. The van der Waals surface area contributed by atoms with Crippen LogP contribution in [0, 0.1) is 3.57 Å². The topological polar surface area (TPSA) is 56.2 Å². The largest absolute Gasteiger partial charge is 0.465 e. The van der Waals surface area contributed by atoms with Crippen LogP contribution in [0.2, 0.25) is 0 Å². The quantitative estimate of drug-likeness (QED) is 0.622. The van der Waals surface area contributed by atoms with Gasteiger partial charge in [0.2, 0.25) is 0 Å². The van der Waals surface area contributed by atoms with Crippen molar-refractivity contribution >= 4 is 28.6 Å². The summed E-state index contributed by atoms with van der Waals surface area (Å²) in [6, 6.07) is -0.135. The Balaban J connectivity index is 2.66. The maximum Gasteiger partial charge on any atom is 0.325 e. The molecule has 17 heavy (non-hydrogen) atoms. The van der Waals surface area contributed by atoms with E-state index >= 15 is 0 Å². The zero-order valence-corrected chi connectivity index (χ0v) is 12.5. The van der Waals surface area contributed by atoms with Gasteiger partial charge in [-0.3, -0.25) is 9.48 Å². The molecule has 0 amide bonds. The molecular formula is C11H18IN3O2. The zero-order valence-electron chi connectivity index (χ0n) is 10.3. The Hall–Kier alpha value is -0.630. The van der Waals surface area contributed by atoms with E-state index in [0.717, 1.165) is 3.57 Å². The predicted octanol–water partition coefficient (Wildman–Crippen LogP) is 1.42. The molecule has 1 aromatic rings. The molecule has 1 rings (SSSR count). The number of hydrogen-bond donors (Lipinski definition) is 1. The van der Waals surface area contributed by atoms with Gasteiger partial charge in [-0.15, -0.1) is 0 Å². The van der Waals surface area contributed by atoms with Gasteiger partial charge in [0.25, 0.3) is 0 Å². The minimum absolute atomic E-state index is 0.221. The van der Waals surface area contributed by atoms with Crippen molar-refractivity contribution in [1.29, 1.82) is 0 Å². The zero-order chi connectivity index (χ0) is 12.8. The molecule has 0 saturated carbocycles. The normalized spacial score (nSPS) is 12.8. The third-order valence-electron chi connectivity index (χ3n) is 2.08. The van der Waals surface area contributed by atoms with Crippen LogP contribution in [0.15, 0.2) is 12.4 Å². The molecule has 1 heterocycles. The van der Waals surface area contributed by atoms with Crippen LogP contribution < -0.4 is 5.32 Å². The fourth-order valence-electron chi connectivity index (χ4n) is 1.47. The highest BCUT2D eigenvalue weighted by molar-refractivity contribution is 14.1. The Bertz CT molecular complexity index is 365. The van der Waals surface area contributed by atoms with Crippen LogP contribution in [0.1, 0.15) is 20.8 Å². The molecule has 0 saturated heterocycles. The van der Waals surface area contributed by atoms with Crippen LogP contribution in [-0.4, -0.2) is 34.4 Å². The lowest BCUT2D eigenvalue weighted by Crippen LogP contribution is -2.44. The molecule has 0 aliphatic rings. The molecule has 0 fully saturated rings. The highest BCUT2D eigenvalue weighted by Gasteiger charge is 2.21. The number of nitrogens with zero attached hydrogens (tertiary/aromatic N) is 2. The van der Waals surface area contributed by atoms with Crippen LogP contribution in [0.3, 0.4) is 0 Å². The average Bonchev–Trinajstić information content (AvgIpc) is 2.63. The van der Waals surface area contributed by atoms with Gasteiger partial charge in [-0.1, -0.05) is 13.8 Å². The minimum Gasteiger partial charge on any atom is -0.465 e. The monoisotopic (exact) mass is 351 g/mol. The maximum atomic E-state index is 11.8. The van der Waals surface area contributed by atoms with Gasteiger partial charge in [0.1, 0.15) is 6.04 Å². The molecule has 1 atom stereocenters. The second kappa shape index (κ2) is 6.95. The van der Waals surface area contributed by atoms with Gasteiger partial charge in [-0.2, -0.15) is 5.10 Å². The molecule has 0 bridgehead atoms. The Morgan fingerprint density at radius 3 is 2.82 bits per heavy atom. The van der Waals surface area contributed by atoms with Gasteiger partial charge >= 0.3 is 5.97 Å². The molecule has 5 nitrogen and oxygen atoms in total. The van der Waals surface area contributed by atoms with Crippen molar-refractivity contribution in [2.45, 2.75) is 39.4 Å². The number of halogens is 1. The second-order valence-electron chi connectivity index (χ2n) is 4.01. The lowest BCUT2D eigenvalue weighted by molar-refractivity contribution is -0.146. The first-order chi connectivity index (χ1) is 8.02. The summed E-state index contributed by atoms with van der Waals surface area (Å²) in [4.78, 5) is 11.8. The van der Waals surface area contributed by atoms with E-state index in [0.29, 0.717) is 13.2 Å². The van der Waals surface area contributed by atoms with Crippen molar-refractivity contribution in [3.8, 4) is 0 Å². The van der Waals surface area contributed by atoms with E-state index in [4.69, 9.17) is 4.74 Å². The first kappa shape index (κ1) is 14.4. The van der Waals surface area contributed by atoms with E-state index in [1.165, 1.54) is 0 Å². The van der Waals surface area contributed by atoms with Crippen LogP contribution in [0.5, 0.6) is 0 Å². The molecular weight excluding hydrogens is 333 g/mol. The second-order valence-corrected chi connectivity index (χ2v) is 5.25. The van der Waals surface area contributed by atoms with Crippen molar-refractivity contribution in [2.75, 3.05) is 6.61 Å². The molecule has 0 aliphatic carbocycles. The number of nitrogens with one attached hydrogen (secondary N) is 1. The smallest absolute Gasteiger partial charge is 0.325 e. The summed E-state index contributed by atoms with van der Waals surface area (Å²) in [6.07, 6.45) is 3.66. The summed E-state index contributed by atoms with van der Waals surface area (Å²) in [7, 11) is 0. The maximum absolute atomic E-state index is 11.8. The van der Waals surface area contributed by atoms with Gasteiger partial charge in [0.15, 0.2) is 0 Å². The van der Waals surface area contributed by atoms with E-state index in [1.54, 1.807) is 17.8 Å². The summed E-state index contributed by atoms with van der Waals surface area (Å²) in [6.45, 7) is 6.69. The minimum atomic E-state index is -0.356. The summed E-state index contributed by atoms with van der Waals surface area (Å²) < 4.78 is 7.84. The summed E-state index contributed by atoms with van der Waals surface area (Å²) in [5.41, 5.74) is 0. The van der Waals surface area contributed by atoms with E-state index in [-0.39, 0.29) is 18.1 Å². The standard InChI is InChI=1S/C11H18IN3O2/c1-4-17-11(16)10(14-8(2)3)7-15-6-9(12)5-13-15/h5-6,8,10,14H,4,7H2,1-3H3. The Labute approximate surface area is 115 Å². The van der Waals surface area contributed by atoms with E-state index in [2.05, 4.69) is 33.0 Å². The third kappa shape index (κ3) is 5.03. The molecule has 1 unspecified atom stereocenters. The highest BCUT2D eigenvalue weighted by atomic mass is 127. The van der Waals surface area contributed by atoms with Crippen LogP contribution in [-0.2, 0) is 16.1 Å². The molecule has 0 aliphatic heterocycles. The molecule has 6 heteroatoms. The van der Waals surface area contributed by atoms with Crippen molar-refractivity contribution in [1.82, 2.24) is 15.1 Å². The predicted molar refractivity (Wildman–Crippen MR) is 73.6 cm³/mol. The first-order valence-electron chi connectivity index (χ1n) is 5.63. The molecule has 0 spiro atoms. The van der Waals surface area contributed by atoms with Crippen molar-refractivity contribution in [2.24, 2.45) is 0 Å². The summed E-state index contributed by atoms with van der Waals surface area (Å²) in [5, 5.41) is 7.35. The molecule has 0 radical (unpaired) electrons. The molecule has 1 N–H and O–H groups in total. The number of aromatic nitrogens is 2. The number of carbonyl (C=O) groups is 1. The average molecular weight is 351 g/mol. The number of hydrogen-bond acceptors (Lipinski definition) is 4. The number of rotatable bonds is 6. The SMILES string of the molecule is CCOC(=O)C(Cn1cc(I)cn1)NC(C)C. The summed E-state index contributed by atoms with van der Waals surface area (Å²) >= 11 is 2.19. The molecule has 1 aromatic heterocycles. The lowest BCUT2D eigenvalue weighted by Gasteiger charge is -2.19.